The highest BCUT2D eigenvalue weighted by atomic mass is 16.5. The molecule has 2 aromatic heterocycles. The average Bonchev–Trinajstić information content (AvgIpc) is 3.21. The summed E-state index contributed by atoms with van der Waals surface area (Å²) in [6.07, 6.45) is 4.42. The van der Waals surface area contributed by atoms with Gasteiger partial charge in [0.05, 0.1) is 18.9 Å². The standard InChI is InChI=1S/C18H22N6O/c1-12-5-19-11-20-18(12)24-8-14-6-23(7-15(14)9-24)17-4-13-10-25-3-2-16(13)21-22-17/h4-5,11,14-15H,2-3,6-10H2,1H3. The molecule has 0 spiro atoms. The summed E-state index contributed by atoms with van der Waals surface area (Å²) in [4.78, 5) is 13.4. The third kappa shape index (κ3) is 2.63. The molecule has 0 aromatic carbocycles. The molecule has 2 atom stereocenters. The van der Waals surface area contributed by atoms with E-state index in [1.807, 2.05) is 6.20 Å². The first-order chi connectivity index (χ1) is 12.3. The molecule has 2 aromatic rings. The van der Waals surface area contributed by atoms with Crippen LogP contribution in [0.2, 0.25) is 0 Å². The molecule has 0 aliphatic carbocycles. The highest BCUT2D eigenvalue weighted by molar-refractivity contribution is 5.48. The molecular weight excluding hydrogens is 316 g/mol. The Balaban J connectivity index is 1.30. The van der Waals surface area contributed by atoms with Crippen LogP contribution in [0.15, 0.2) is 18.6 Å². The highest BCUT2D eigenvalue weighted by Crippen LogP contribution is 2.36. The molecule has 0 bridgehead atoms. The molecule has 25 heavy (non-hydrogen) atoms. The van der Waals surface area contributed by atoms with Crippen molar-refractivity contribution in [2.24, 2.45) is 11.8 Å². The van der Waals surface area contributed by atoms with Crippen molar-refractivity contribution < 1.29 is 4.74 Å². The Labute approximate surface area is 147 Å². The van der Waals surface area contributed by atoms with Gasteiger partial charge in [-0.1, -0.05) is 0 Å². The lowest BCUT2D eigenvalue weighted by atomic mass is 10.0. The van der Waals surface area contributed by atoms with Crippen LogP contribution in [-0.4, -0.2) is 53.0 Å². The summed E-state index contributed by atoms with van der Waals surface area (Å²) in [5, 5.41) is 8.91. The summed E-state index contributed by atoms with van der Waals surface area (Å²) >= 11 is 0. The van der Waals surface area contributed by atoms with E-state index < -0.39 is 0 Å². The first-order valence-electron chi connectivity index (χ1n) is 8.97. The van der Waals surface area contributed by atoms with E-state index in [0.29, 0.717) is 18.4 Å². The Kier molecular flexibility index (Phi) is 3.55. The van der Waals surface area contributed by atoms with E-state index in [1.165, 1.54) is 5.56 Å². The minimum atomic E-state index is 0.656. The lowest BCUT2D eigenvalue weighted by Crippen LogP contribution is -2.30. The number of hydrogen-bond acceptors (Lipinski definition) is 7. The van der Waals surface area contributed by atoms with Crippen LogP contribution in [-0.2, 0) is 17.8 Å². The quantitative estimate of drug-likeness (QED) is 0.815. The largest absolute Gasteiger partial charge is 0.376 e. The topological polar surface area (TPSA) is 67.3 Å². The van der Waals surface area contributed by atoms with Crippen molar-refractivity contribution in [3.8, 4) is 0 Å². The predicted molar refractivity (Wildman–Crippen MR) is 93.6 cm³/mol. The zero-order valence-corrected chi connectivity index (χ0v) is 14.4. The molecule has 7 heteroatoms. The maximum atomic E-state index is 5.56. The third-order valence-electron chi connectivity index (χ3n) is 5.67. The summed E-state index contributed by atoms with van der Waals surface area (Å²) in [6.45, 7) is 7.70. The fraction of sp³-hybridized carbons (Fsp3) is 0.556. The summed E-state index contributed by atoms with van der Waals surface area (Å²) in [5.74, 6) is 3.40. The smallest absolute Gasteiger partial charge is 0.151 e. The molecule has 3 aliphatic heterocycles. The van der Waals surface area contributed by atoms with Gasteiger partial charge in [-0.05, 0) is 13.0 Å². The minimum Gasteiger partial charge on any atom is -0.376 e. The number of hydrogen-bond donors (Lipinski definition) is 0. The van der Waals surface area contributed by atoms with Crippen molar-refractivity contribution >= 4 is 11.6 Å². The fourth-order valence-electron chi connectivity index (χ4n) is 4.36. The van der Waals surface area contributed by atoms with Crippen molar-refractivity contribution in [2.45, 2.75) is 20.0 Å². The van der Waals surface area contributed by atoms with Crippen LogP contribution in [0.25, 0.3) is 0 Å². The Bertz CT molecular complexity index is 783. The zero-order chi connectivity index (χ0) is 16.8. The van der Waals surface area contributed by atoms with Crippen LogP contribution in [0.5, 0.6) is 0 Å². The van der Waals surface area contributed by atoms with Gasteiger partial charge in [-0.2, -0.15) is 5.10 Å². The van der Waals surface area contributed by atoms with E-state index >= 15 is 0 Å². The molecule has 0 N–H and O–H groups in total. The fourth-order valence-corrected chi connectivity index (χ4v) is 4.36. The Hall–Kier alpha value is -2.28. The van der Waals surface area contributed by atoms with Crippen LogP contribution in [0.1, 0.15) is 16.8 Å². The SMILES string of the molecule is Cc1cncnc1N1CC2CN(c3cc4c(nn3)CCOC4)CC2C1. The molecular formula is C18H22N6O. The molecule has 7 nitrogen and oxygen atoms in total. The number of ether oxygens (including phenoxy) is 1. The van der Waals surface area contributed by atoms with E-state index in [2.05, 4.69) is 43.0 Å². The van der Waals surface area contributed by atoms with E-state index in [1.54, 1.807) is 6.33 Å². The van der Waals surface area contributed by atoms with Gasteiger partial charge < -0.3 is 14.5 Å². The number of anilines is 2. The molecule has 2 fully saturated rings. The lowest BCUT2D eigenvalue weighted by molar-refractivity contribution is 0.109. The van der Waals surface area contributed by atoms with Gasteiger partial charge in [0.25, 0.3) is 0 Å². The maximum Gasteiger partial charge on any atom is 0.151 e. The van der Waals surface area contributed by atoms with E-state index in [-0.39, 0.29) is 0 Å². The van der Waals surface area contributed by atoms with E-state index in [4.69, 9.17) is 4.74 Å². The van der Waals surface area contributed by atoms with Crippen molar-refractivity contribution in [3.63, 3.8) is 0 Å². The van der Waals surface area contributed by atoms with Crippen molar-refractivity contribution in [1.82, 2.24) is 20.2 Å². The monoisotopic (exact) mass is 338 g/mol. The third-order valence-corrected chi connectivity index (χ3v) is 5.67. The van der Waals surface area contributed by atoms with Gasteiger partial charge in [0.15, 0.2) is 5.82 Å². The van der Waals surface area contributed by atoms with Gasteiger partial charge in [-0.25, -0.2) is 9.97 Å². The second-order valence-corrected chi connectivity index (χ2v) is 7.34. The van der Waals surface area contributed by atoms with Crippen molar-refractivity contribution in [2.75, 3.05) is 42.6 Å². The lowest BCUT2D eigenvalue weighted by Gasteiger charge is -2.24. The van der Waals surface area contributed by atoms with Gasteiger partial charge in [0.2, 0.25) is 0 Å². The van der Waals surface area contributed by atoms with E-state index in [9.17, 15) is 0 Å². The van der Waals surface area contributed by atoms with Gasteiger partial charge in [-0.3, -0.25) is 0 Å². The molecule has 0 saturated carbocycles. The molecule has 2 saturated heterocycles. The van der Waals surface area contributed by atoms with Gasteiger partial charge in [0.1, 0.15) is 12.1 Å². The molecule has 5 heterocycles. The van der Waals surface area contributed by atoms with Crippen LogP contribution in [0.4, 0.5) is 11.6 Å². The van der Waals surface area contributed by atoms with Crippen LogP contribution < -0.4 is 9.80 Å². The molecule has 3 aliphatic rings. The van der Waals surface area contributed by atoms with E-state index in [0.717, 1.165) is 62.1 Å². The molecule has 5 rings (SSSR count). The number of nitrogens with zero attached hydrogens (tertiary/aromatic N) is 6. The number of rotatable bonds is 2. The Morgan fingerprint density at radius 1 is 1.08 bits per heavy atom. The average molecular weight is 338 g/mol. The Morgan fingerprint density at radius 3 is 2.68 bits per heavy atom. The summed E-state index contributed by atoms with van der Waals surface area (Å²) in [5.41, 5.74) is 3.45. The number of aromatic nitrogens is 4. The predicted octanol–water partition coefficient (Wildman–Crippen LogP) is 1.22. The number of fused-ring (bicyclic) bond motifs is 2. The minimum absolute atomic E-state index is 0.656. The molecule has 0 amide bonds. The first-order valence-corrected chi connectivity index (χ1v) is 8.97. The van der Waals surface area contributed by atoms with Crippen molar-refractivity contribution in [1.29, 1.82) is 0 Å². The Morgan fingerprint density at radius 2 is 1.88 bits per heavy atom. The van der Waals surface area contributed by atoms with Crippen molar-refractivity contribution in [3.05, 3.63) is 35.4 Å². The second-order valence-electron chi connectivity index (χ2n) is 7.34. The molecule has 0 radical (unpaired) electrons. The molecule has 130 valence electrons. The summed E-state index contributed by atoms with van der Waals surface area (Å²) in [7, 11) is 0. The second kappa shape index (κ2) is 5.91. The zero-order valence-electron chi connectivity index (χ0n) is 14.4. The van der Waals surface area contributed by atoms with Gasteiger partial charge in [-0.15, -0.1) is 5.10 Å². The molecule has 2 unspecified atom stereocenters. The maximum absolute atomic E-state index is 5.56. The van der Waals surface area contributed by atoms with Gasteiger partial charge >= 0.3 is 0 Å². The number of aryl methyl sites for hydroxylation is 1. The van der Waals surface area contributed by atoms with Crippen LogP contribution in [0, 0.1) is 18.8 Å². The van der Waals surface area contributed by atoms with Crippen LogP contribution >= 0.6 is 0 Å². The highest BCUT2D eigenvalue weighted by Gasteiger charge is 2.41. The summed E-state index contributed by atoms with van der Waals surface area (Å²) < 4.78 is 5.56. The normalized spacial score (nSPS) is 25.2. The summed E-state index contributed by atoms with van der Waals surface area (Å²) in [6, 6.07) is 2.18. The first kappa shape index (κ1) is 15.0. The van der Waals surface area contributed by atoms with Gasteiger partial charge in [0, 0.05) is 61.8 Å². The van der Waals surface area contributed by atoms with Crippen LogP contribution in [0.3, 0.4) is 0 Å².